The summed E-state index contributed by atoms with van der Waals surface area (Å²) in [5, 5.41) is 0. The fourth-order valence-electron chi connectivity index (χ4n) is 1.48. The minimum atomic E-state index is -0.300. The molecule has 0 radical (unpaired) electrons. The summed E-state index contributed by atoms with van der Waals surface area (Å²) in [6.07, 6.45) is 2.41. The molecule has 0 atom stereocenters. The Labute approximate surface area is 110 Å². The van der Waals surface area contributed by atoms with Gasteiger partial charge in [-0.05, 0) is 32.0 Å². The first-order chi connectivity index (χ1) is 7.94. The van der Waals surface area contributed by atoms with E-state index in [9.17, 15) is 0 Å². The van der Waals surface area contributed by atoms with Crippen LogP contribution in [0.5, 0.6) is 0 Å². The van der Waals surface area contributed by atoms with Crippen molar-refractivity contribution in [1.82, 2.24) is 9.97 Å². The summed E-state index contributed by atoms with van der Waals surface area (Å²) in [5.41, 5.74) is 6.56. The van der Waals surface area contributed by atoms with Gasteiger partial charge in [0.05, 0.1) is 14.9 Å². The van der Waals surface area contributed by atoms with Crippen LogP contribution in [0, 0.1) is 0 Å². The van der Waals surface area contributed by atoms with Crippen molar-refractivity contribution in [3.8, 4) is 10.6 Å². The molecule has 0 aliphatic rings. The number of aromatic nitrogens is 2. The topological polar surface area (TPSA) is 51.8 Å². The molecular formula is C12H14ClN3S. The number of hydrogen-bond donors (Lipinski definition) is 1. The molecule has 0 aliphatic heterocycles. The number of thiophene rings is 1. The first kappa shape index (κ1) is 12.5. The molecule has 2 heterocycles. The summed E-state index contributed by atoms with van der Waals surface area (Å²) in [4.78, 5) is 9.79. The maximum absolute atomic E-state index is 5.96. The molecule has 0 saturated carbocycles. The van der Waals surface area contributed by atoms with E-state index in [1.54, 1.807) is 6.20 Å². The monoisotopic (exact) mass is 267 g/mol. The number of nitrogens with zero attached hydrogens (tertiary/aromatic N) is 2. The molecule has 90 valence electrons. The van der Waals surface area contributed by atoms with Crippen LogP contribution >= 0.6 is 22.9 Å². The summed E-state index contributed by atoms with van der Waals surface area (Å²) in [6, 6.07) is 5.72. The molecule has 0 unspecified atom stereocenters. The molecule has 0 spiro atoms. The predicted molar refractivity (Wildman–Crippen MR) is 72.3 cm³/mol. The van der Waals surface area contributed by atoms with E-state index in [0.717, 1.165) is 20.7 Å². The fourth-order valence-corrected chi connectivity index (χ4v) is 2.49. The van der Waals surface area contributed by atoms with Gasteiger partial charge >= 0.3 is 0 Å². The standard InChI is InChI=1S/C12H14ClN3S/c1-12(2,14)7-11-15-6-5-8(16-11)9-3-4-10(13)17-9/h3-6H,7,14H2,1-2H3. The molecule has 2 N–H and O–H groups in total. The maximum atomic E-state index is 5.96. The second-order valence-electron chi connectivity index (χ2n) is 4.63. The summed E-state index contributed by atoms with van der Waals surface area (Å²) in [7, 11) is 0. The van der Waals surface area contributed by atoms with Crippen LogP contribution in [0.4, 0.5) is 0 Å². The second-order valence-corrected chi connectivity index (χ2v) is 6.34. The van der Waals surface area contributed by atoms with Crippen LogP contribution < -0.4 is 5.73 Å². The van der Waals surface area contributed by atoms with Gasteiger partial charge in [0, 0.05) is 18.2 Å². The van der Waals surface area contributed by atoms with Crippen molar-refractivity contribution < 1.29 is 0 Å². The summed E-state index contributed by atoms with van der Waals surface area (Å²) < 4.78 is 0.763. The lowest BCUT2D eigenvalue weighted by Gasteiger charge is -2.16. The van der Waals surface area contributed by atoms with E-state index in [1.165, 1.54) is 11.3 Å². The summed E-state index contributed by atoms with van der Waals surface area (Å²) >= 11 is 7.42. The van der Waals surface area contributed by atoms with Crippen LogP contribution in [0.2, 0.25) is 4.34 Å². The van der Waals surface area contributed by atoms with Crippen LogP contribution in [0.3, 0.4) is 0 Å². The molecule has 2 rings (SSSR count). The number of hydrogen-bond acceptors (Lipinski definition) is 4. The Morgan fingerprint density at radius 1 is 1.35 bits per heavy atom. The molecular weight excluding hydrogens is 254 g/mol. The highest BCUT2D eigenvalue weighted by molar-refractivity contribution is 7.19. The Morgan fingerprint density at radius 2 is 2.12 bits per heavy atom. The van der Waals surface area contributed by atoms with Gasteiger partial charge in [-0.1, -0.05) is 11.6 Å². The van der Waals surface area contributed by atoms with Crippen LogP contribution in [0.25, 0.3) is 10.6 Å². The molecule has 0 aromatic carbocycles. The van der Waals surface area contributed by atoms with Gasteiger partial charge in [0.25, 0.3) is 0 Å². The number of rotatable bonds is 3. The third-order valence-corrected chi connectivity index (χ3v) is 3.40. The Bertz CT molecular complexity index is 516. The van der Waals surface area contributed by atoms with Crippen molar-refractivity contribution in [1.29, 1.82) is 0 Å². The van der Waals surface area contributed by atoms with Crippen LogP contribution in [-0.2, 0) is 6.42 Å². The van der Waals surface area contributed by atoms with Gasteiger partial charge in [-0.25, -0.2) is 9.97 Å². The molecule has 0 fully saturated rings. The van der Waals surface area contributed by atoms with E-state index in [2.05, 4.69) is 9.97 Å². The molecule has 0 amide bonds. The average molecular weight is 268 g/mol. The van der Waals surface area contributed by atoms with Gasteiger partial charge < -0.3 is 5.73 Å². The molecule has 0 aliphatic carbocycles. The van der Waals surface area contributed by atoms with Gasteiger partial charge in [0.2, 0.25) is 0 Å². The Morgan fingerprint density at radius 3 is 2.71 bits per heavy atom. The lowest BCUT2D eigenvalue weighted by molar-refractivity contribution is 0.502. The Hall–Kier alpha value is -0.970. The zero-order chi connectivity index (χ0) is 12.5. The van der Waals surface area contributed by atoms with Crippen molar-refractivity contribution in [2.45, 2.75) is 25.8 Å². The quantitative estimate of drug-likeness (QED) is 0.930. The first-order valence-electron chi connectivity index (χ1n) is 5.30. The normalized spacial score (nSPS) is 11.8. The molecule has 5 heteroatoms. The van der Waals surface area contributed by atoms with Crippen LogP contribution in [-0.4, -0.2) is 15.5 Å². The van der Waals surface area contributed by atoms with E-state index in [4.69, 9.17) is 17.3 Å². The van der Waals surface area contributed by atoms with E-state index in [-0.39, 0.29) is 5.54 Å². The molecule has 17 heavy (non-hydrogen) atoms. The smallest absolute Gasteiger partial charge is 0.130 e. The SMILES string of the molecule is CC(C)(N)Cc1nccc(-c2ccc(Cl)s2)n1. The van der Waals surface area contributed by atoms with Crippen LogP contribution in [0.15, 0.2) is 24.4 Å². The molecule has 0 saturated heterocycles. The lowest BCUT2D eigenvalue weighted by atomic mass is 10.0. The second kappa shape index (κ2) is 4.72. The average Bonchev–Trinajstić information content (AvgIpc) is 2.63. The zero-order valence-electron chi connectivity index (χ0n) is 9.77. The number of halogens is 1. The predicted octanol–water partition coefficient (Wildman–Crippen LogP) is 3.14. The molecule has 2 aromatic heterocycles. The lowest BCUT2D eigenvalue weighted by Crippen LogP contribution is -2.35. The highest BCUT2D eigenvalue weighted by Gasteiger charge is 2.14. The van der Waals surface area contributed by atoms with Crippen molar-refractivity contribution >= 4 is 22.9 Å². The molecule has 0 bridgehead atoms. The fraction of sp³-hybridized carbons (Fsp3) is 0.333. The molecule has 3 nitrogen and oxygen atoms in total. The first-order valence-corrected chi connectivity index (χ1v) is 6.50. The minimum absolute atomic E-state index is 0.300. The molecule has 2 aromatic rings. The highest BCUT2D eigenvalue weighted by atomic mass is 35.5. The number of nitrogens with two attached hydrogens (primary N) is 1. The van der Waals surface area contributed by atoms with Gasteiger partial charge in [-0.2, -0.15) is 0 Å². The maximum Gasteiger partial charge on any atom is 0.130 e. The van der Waals surface area contributed by atoms with Crippen molar-refractivity contribution in [2.24, 2.45) is 5.73 Å². The highest BCUT2D eigenvalue weighted by Crippen LogP contribution is 2.29. The summed E-state index contributed by atoms with van der Waals surface area (Å²) in [6.45, 7) is 3.93. The Kier molecular flexibility index (Phi) is 3.47. The zero-order valence-corrected chi connectivity index (χ0v) is 11.3. The van der Waals surface area contributed by atoms with Crippen molar-refractivity contribution in [3.63, 3.8) is 0 Å². The van der Waals surface area contributed by atoms with Crippen LogP contribution in [0.1, 0.15) is 19.7 Å². The Balaban J connectivity index is 2.29. The minimum Gasteiger partial charge on any atom is -0.325 e. The van der Waals surface area contributed by atoms with Gasteiger partial charge in [-0.15, -0.1) is 11.3 Å². The van der Waals surface area contributed by atoms with Gasteiger partial charge in [0.15, 0.2) is 0 Å². The van der Waals surface area contributed by atoms with E-state index in [0.29, 0.717) is 6.42 Å². The third kappa shape index (κ3) is 3.49. The van der Waals surface area contributed by atoms with Gasteiger partial charge in [-0.3, -0.25) is 0 Å². The summed E-state index contributed by atoms with van der Waals surface area (Å²) in [5.74, 6) is 0.763. The van der Waals surface area contributed by atoms with Crippen molar-refractivity contribution in [3.05, 3.63) is 34.6 Å². The van der Waals surface area contributed by atoms with E-state index >= 15 is 0 Å². The third-order valence-electron chi connectivity index (χ3n) is 2.14. The largest absolute Gasteiger partial charge is 0.325 e. The van der Waals surface area contributed by atoms with E-state index < -0.39 is 0 Å². The van der Waals surface area contributed by atoms with Gasteiger partial charge in [0.1, 0.15) is 5.82 Å². The van der Waals surface area contributed by atoms with Crippen molar-refractivity contribution in [2.75, 3.05) is 0 Å². The van der Waals surface area contributed by atoms with E-state index in [1.807, 2.05) is 32.0 Å².